The normalized spacial score (nSPS) is 18.3. The highest BCUT2D eigenvalue weighted by Crippen LogP contribution is 2.29. The number of nitrogens with one attached hydrogen (secondary N) is 1. The second-order valence-electron chi connectivity index (χ2n) is 8.23. The van der Waals surface area contributed by atoms with Crippen molar-refractivity contribution in [1.29, 1.82) is 0 Å². The molecule has 2 aliphatic rings. The predicted molar refractivity (Wildman–Crippen MR) is 128 cm³/mol. The number of benzene rings is 2. The Hall–Kier alpha value is -2.09. The number of sulfonamides is 2. The summed E-state index contributed by atoms with van der Waals surface area (Å²) >= 11 is 6.17. The van der Waals surface area contributed by atoms with Gasteiger partial charge in [0, 0.05) is 37.4 Å². The molecule has 2 aromatic rings. The average Bonchev–Trinajstić information content (AvgIpc) is 2.86. The van der Waals surface area contributed by atoms with E-state index in [1.165, 1.54) is 28.6 Å². The Labute approximate surface area is 208 Å². The number of nitrogens with zero attached hydrogens (tertiary/aromatic N) is 2. The van der Waals surface area contributed by atoms with E-state index < -0.39 is 36.7 Å². The van der Waals surface area contributed by atoms with Crippen molar-refractivity contribution in [2.75, 3.05) is 44.7 Å². The lowest BCUT2D eigenvalue weighted by atomic mass is 10.2. The maximum Gasteiger partial charge on any atom is 0.255 e. The molecule has 0 saturated carbocycles. The van der Waals surface area contributed by atoms with E-state index in [9.17, 15) is 26.0 Å². The van der Waals surface area contributed by atoms with Gasteiger partial charge in [0.05, 0.1) is 18.2 Å². The second-order valence-corrected chi connectivity index (χ2v) is 12.4. The standard InChI is InChI=1S/C22H25ClFN3O6S2/c23-18-6-4-16(14-20(18)34(29,30)26-8-2-1-3-9-26)22(28)25-17-5-7-19(24)21(15-17)35(31,32)27-10-12-33-13-11-27/h4-7,14-15H,1-3,8-13H2,(H,25,28). The van der Waals surface area contributed by atoms with Gasteiger partial charge in [-0.15, -0.1) is 0 Å². The van der Waals surface area contributed by atoms with Crippen molar-refractivity contribution in [3.05, 3.63) is 52.8 Å². The molecule has 2 fully saturated rings. The number of anilines is 1. The van der Waals surface area contributed by atoms with Gasteiger partial charge in [0.1, 0.15) is 15.6 Å². The third-order valence-electron chi connectivity index (χ3n) is 5.90. The van der Waals surface area contributed by atoms with Gasteiger partial charge in [-0.1, -0.05) is 18.0 Å². The van der Waals surface area contributed by atoms with Gasteiger partial charge in [0.25, 0.3) is 5.91 Å². The zero-order valence-corrected chi connectivity index (χ0v) is 21.1. The highest BCUT2D eigenvalue weighted by atomic mass is 35.5. The third kappa shape index (κ3) is 5.52. The van der Waals surface area contributed by atoms with Crippen molar-refractivity contribution in [3.8, 4) is 0 Å². The van der Waals surface area contributed by atoms with Crippen LogP contribution in [0.5, 0.6) is 0 Å². The van der Waals surface area contributed by atoms with E-state index >= 15 is 0 Å². The van der Waals surface area contributed by atoms with Crippen molar-refractivity contribution in [2.24, 2.45) is 0 Å². The van der Waals surface area contributed by atoms with Gasteiger partial charge >= 0.3 is 0 Å². The summed E-state index contributed by atoms with van der Waals surface area (Å²) in [6.07, 6.45) is 2.44. The SMILES string of the molecule is O=C(Nc1ccc(F)c(S(=O)(=O)N2CCOCC2)c1)c1ccc(Cl)c(S(=O)(=O)N2CCCCC2)c1. The van der Waals surface area contributed by atoms with Crippen LogP contribution in [0.1, 0.15) is 29.6 Å². The molecule has 13 heteroatoms. The van der Waals surface area contributed by atoms with E-state index in [-0.39, 0.29) is 47.5 Å². The predicted octanol–water partition coefficient (Wildman–Crippen LogP) is 2.93. The summed E-state index contributed by atoms with van der Waals surface area (Å²) < 4.78 is 74.0. The summed E-state index contributed by atoms with van der Waals surface area (Å²) in [6.45, 7) is 1.36. The largest absolute Gasteiger partial charge is 0.379 e. The maximum absolute atomic E-state index is 14.5. The Morgan fingerprint density at radius 2 is 1.49 bits per heavy atom. The summed E-state index contributed by atoms with van der Waals surface area (Å²) in [5.74, 6) is -1.64. The summed E-state index contributed by atoms with van der Waals surface area (Å²) in [4.78, 5) is 12.2. The van der Waals surface area contributed by atoms with Crippen molar-refractivity contribution in [1.82, 2.24) is 8.61 Å². The molecule has 0 radical (unpaired) electrons. The van der Waals surface area contributed by atoms with Crippen molar-refractivity contribution < 1.29 is 30.8 Å². The molecule has 190 valence electrons. The molecule has 2 aromatic carbocycles. The fraction of sp³-hybridized carbons (Fsp3) is 0.409. The molecule has 1 N–H and O–H groups in total. The van der Waals surface area contributed by atoms with Crippen LogP contribution in [0.2, 0.25) is 5.02 Å². The van der Waals surface area contributed by atoms with Gasteiger partial charge in [-0.3, -0.25) is 4.79 Å². The lowest BCUT2D eigenvalue weighted by molar-refractivity contribution is 0.0729. The Morgan fingerprint density at radius 1 is 0.857 bits per heavy atom. The maximum atomic E-state index is 14.5. The molecule has 2 aliphatic heterocycles. The number of morpholine rings is 1. The van der Waals surface area contributed by atoms with Gasteiger partial charge in [-0.25, -0.2) is 21.2 Å². The minimum atomic E-state index is -4.14. The molecule has 0 aromatic heterocycles. The molecule has 35 heavy (non-hydrogen) atoms. The van der Waals surface area contributed by atoms with E-state index in [0.717, 1.165) is 35.7 Å². The second kappa shape index (κ2) is 10.5. The lowest BCUT2D eigenvalue weighted by Gasteiger charge is -2.26. The highest BCUT2D eigenvalue weighted by molar-refractivity contribution is 7.89. The van der Waals surface area contributed by atoms with Crippen LogP contribution in [0.25, 0.3) is 0 Å². The van der Waals surface area contributed by atoms with E-state index in [4.69, 9.17) is 16.3 Å². The molecular weight excluding hydrogens is 521 g/mol. The van der Waals surface area contributed by atoms with Gasteiger partial charge in [-0.2, -0.15) is 8.61 Å². The number of carbonyl (C=O) groups is 1. The summed E-state index contributed by atoms with van der Waals surface area (Å²) in [5.41, 5.74) is 0.0468. The van der Waals surface area contributed by atoms with E-state index in [1.54, 1.807) is 0 Å². The molecule has 4 rings (SSSR count). The smallest absolute Gasteiger partial charge is 0.255 e. The van der Waals surface area contributed by atoms with Crippen LogP contribution in [0.3, 0.4) is 0 Å². The van der Waals surface area contributed by atoms with Crippen molar-refractivity contribution >= 4 is 43.2 Å². The van der Waals surface area contributed by atoms with Crippen molar-refractivity contribution in [2.45, 2.75) is 29.1 Å². The van der Waals surface area contributed by atoms with Crippen LogP contribution in [0, 0.1) is 5.82 Å². The van der Waals surface area contributed by atoms with Gasteiger partial charge in [-0.05, 0) is 49.2 Å². The topological polar surface area (TPSA) is 113 Å². The van der Waals surface area contributed by atoms with Crippen LogP contribution in [-0.4, -0.2) is 70.7 Å². The number of piperidine rings is 1. The fourth-order valence-electron chi connectivity index (χ4n) is 3.99. The first kappa shape index (κ1) is 26.0. The summed E-state index contributed by atoms with van der Waals surface area (Å²) in [6, 6.07) is 7.11. The Morgan fingerprint density at radius 3 is 2.17 bits per heavy atom. The summed E-state index contributed by atoms with van der Waals surface area (Å²) in [7, 11) is -8.02. The van der Waals surface area contributed by atoms with E-state index in [0.29, 0.717) is 13.1 Å². The number of hydrogen-bond acceptors (Lipinski definition) is 6. The molecule has 0 bridgehead atoms. The van der Waals surface area contributed by atoms with Gasteiger partial charge in [0.15, 0.2) is 0 Å². The van der Waals surface area contributed by atoms with Crippen LogP contribution >= 0.6 is 11.6 Å². The molecule has 0 atom stereocenters. The third-order valence-corrected chi connectivity index (χ3v) is 10.2. The minimum absolute atomic E-state index is 0.00639. The molecule has 0 aliphatic carbocycles. The van der Waals surface area contributed by atoms with Gasteiger partial charge < -0.3 is 10.1 Å². The molecule has 2 heterocycles. The zero-order chi connectivity index (χ0) is 25.2. The number of ether oxygens (including phenoxy) is 1. The van der Waals surface area contributed by atoms with Crippen LogP contribution in [0.4, 0.5) is 10.1 Å². The van der Waals surface area contributed by atoms with Crippen LogP contribution in [0.15, 0.2) is 46.2 Å². The molecule has 9 nitrogen and oxygen atoms in total. The van der Waals surface area contributed by atoms with Crippen molar-refractivity contribution in [3.63, 3.8) is 0 Å². The first-order valence-electron chi connectivity index (χ1n) is 11.1. The number of halogens is 2. The fourth-order valence-corrected chi connectivity index (χ4v) is 7.51. The molecule has 2 saturated heterocycles. The van der Waals surface area contributed by atoms with E-state index in [2.05, 4.69) is 5.32 Å². The number of hydrogen-bond donors (Lipinski definition) is 1. The Balaban J connectivity index is 1.59. The number of carbonyl (C=O) groups excluding carboxylic acids is 1. The minimum Gasteiger partial charge on any atom is -0.379 e. The molecule has 0 spiro atoms. The quantitative estimate of drug-likeness (QED) is 0.597. The molecular formula is C22H25ClFN3O6S2. The zero-order valence-electron chi connectivity index (χ0n) is 18.7. The van der Waals surface area contributed by atoms with E-state index in [1.807, 2.05) is 0 Å². The monoisotopic (exact) mass is 545 g/mol. The first-order chi connectivity index (χ1) is 16.6. The Kier molecular flexibility index (Phi) is 7.79. The van der Waals surface area contributed by atoms with Crippen LogP contribution < -0.4 is 5.32 Å². The number of rotatable bonds is 6. The first-order valence-corrected chi connectivity index (χ1v) is 14.3. The summed E-state index contributed by atoms with van der Waals surface area (Å²) in [5, 5.41) is 2.51. The molecule has 0 unspecified atom stereocenters. The number of amides is 1. The lowest BCUT2D eigenvalue weighted by Crippen LogP contribution is -2.40. The molecule has 1 amide bonds. The Bertz CT molecular complexity index is 1320. The average molecular weight is 546 g/mol. The van der Waals surface area contributed by atoms with Crippen LogP contribution in [-0.2, 0) is 24.8 Å². The highest BCUT2D eigenvalue weighted by Gasteiger charge is 2.30. The van der Waals surface area contributed by atoms with Gasteiger partial charge in [0.2, 0.25) is 20.0 Å².